The number of benzene rings is 2. The molecule has 1 aliphatic carbocycles. The Morgan fingerprint density at radius 2 is 1.78 bits per heavy atom. The Labute approximate surface area is 222 Å². The van der Waals surface area contributed by atoms with Crippen LogP contribution >= 0.6 is 15.9 Å². The van der Waals surface area contributed by atoms with Crippen molar-refractivity contribution < 1.29 is 14.6 Å². The maximum Gasteiger partial charge on any atom is 0.349 e. The Balaban J connectivity index is 1.44. The lowest BCUT2D eigenvalue weighted by Gasteiger charge is -2.41. The number of hydrogen-bond acceptors (Lipinski definition) is 6. The van der Waals surface area contributed by atoms with Crippen LogP contribution in [0.1, 0.15) is 53.7 Å². The molecule has 0 spiro atoms. The smallest absolute Gasteiger partial charge is 0.349 e. The van der Waals surface area contributed by atoms with Crippen LogP contribution in [0.2, 0.25) is 0 Å². The predicted molar refractivity (Wildman–Crippen MR) is 142 cm³/mol. The maximum absolute atomic E-state index is 13.3. The number of rotatable bonds is 4. The van der Waals surface area contributed by atoms with Crippen LogP contribution in [0, 0.1) is 25.7 Å². The van der Waals surface area contributed by atoms with Gasteiger partial charge in [-0.2, -0.15) is 9.78 Å². The number of hydrogen-bond donors (Lipinski definition) is 2. The standard InChI is InChI=1S/C27H29BrN4O5/c1-15-11-19(12-16(2)24(15)37-20-7-8-22(33)21(28)13-20)32-27(36)29-25(34)23(30-32)26(35)31-10-9-17-5-3-4-6-18(17)14-31/h7-8,11-13,17-18,33H,3-6,9-10,14H2,1-2H3,(H,29,34,36). The van der Waals surface area contributed by atoms with Crippen LogP contribution in [-0.4, -0.2) is 43.8 Å². The molecule has 10 heteroatoms. The van der Waals surface area contributed by atoms with Crippen molar-refractivity contribution in [3.05, 3.63) is 72.5 Å². The van der Waals surface area contributed by atoms with Gasteiger partial charge in [0, 0.05) is 13.1 Å². The highest BCUT2D eigenvalue weighted by molar-refractivity contribution is 9.10. The van der Waals surface area contributed by atoms with Gasteiger partial charge in [0.25, 0.3) is 11.5 Å². The second kappa shape index (κ2) is 10.2. The number of nitrogens with one attached hydrogen (secondary N) is 1. The van der Waals surface area contributed by atoms with Crippen molar-refractivity contribution in [1.82, 2.24) is 19.7 Å². The Bertz CT molecular complexity index is 1460. The van der Waals surface area contributed by atoms with E-state index in [9.17, 15) is 19.5 Å². The number of aromatic hydroxyl groups is 1. The fourth-order valence-corrected chi connectivity index (χ4v) is 5.89. The summed E-state index contributed by atoms with van der Waals surface area (Å²) >= 11 is 3.28. The van der Waals surface area contributed by atoms with Crippen LogP contribution in [0.5, 0.6) is 17.2 Å². The third-order valence-electron chi connectivity index (χ3n) is 7.44. The van der Waals surface area contributed by atoms with Crippen molar-refractivity contribution in [3.63, 3.8) is 0 Å². The molecule has 1 amide bonds. The van der Waals surface area contributed by atoms with Crippen molar-refractivity contribution in [2.75, 3.05) is 13.1 Å². The van der Waals surface area contributed by atoms with Gasteiger partial charge in [0.05, 0.1) is 10.2 Å². The second-order valence-electron chi connectivity index (χ2n) is 9.99. The number of aromatic nitrogens is 3. The van der Waals surface area contributed by atoms with Gasteiger partial charge in [0.2, 0.25) is 5.69 Å². The number of aryl methyl sites for hydroxylation is 2. The summed E-state index contributed by atoms with van der Waals surface area (Å²) < 4.78 is 7.60. The zero-order valence-electron chi connectivity index (χ0n) is 20.8. The number of phenols is 1. The van der Waals surface area contributed by atoms with Crippen molar-refractivity contribution in [2.24, 2.45) is 11.8 Å². The Morgan fingerprint density at radius 3 is 2.49 bits per heavy atom. The van der Waals surface area contributed by atoms with E-state index < -0.39 is 17.2 Å². The molecule has 0 bridgehead atoms. The van der Waals surface area contributed by atoms with Crippen LogP contribution in [0.25, 0.3) is 5.69 Å². The second-order valence-corrected chi connectivity index (χ2v) is 10.8. The molecule has 5 rings (SSSR count). The monoisotopic (exact) mass is 568 g/mol. The molecule has 9 nitrogen and oxygen atoms in total. The van der Waals surface area contributed by atoms with E-state index >= 15 is 0 Å². The summed E-state index contributed by atoms with van der Waals surface area (Å²) in [6, 6.07) is 8.26. The molecule has 2 fully saturated rings. The molecule has 194 valence electrons. The van der Waals surface area contributed by atoms with Crippen LogP contribution in [0.15, 0.2) is 44.4 Å². The minimum absolute atomic E-state index is 0.105. The zero-order chi connectivity index (χ0) is 26.3. The highest BCUT2D eigenvalue weighted by Crippen LogP contribution is 2.37. The molecule has 1 aromatic heterocycles. The lowest BCUT2D eigenvalue weighted by Crippen LogP contribution is -2.47. The number of ether oxygens (including phenoxy) is 1. The third kappa shape index (κ3) is 5.07. The number of halogens is 1. The van der Waals surface area contributed by atoms with E-state index in [1.165, 1.54) is 25.3 Å². The molecule has 37 heavy (non-hydrogen) atoms. The molecule has 2 aliphatic rings. The van der Waals surface area contributed by atoms with Crippen LogP contribution in [0.3, 0.4) is 0 Å². The number of amides is 1. The maximum atomic E-state index is 13.3. The molecular weight excluding hydrogens is 540 g/mol. The topological polar surface area (TPSA) is 118 Å². The largest absolute Gasteiger partial charge is 0.507 e. The summed E-state index contributed by atoms with van der Waals surface area (Å²) in [5.41, 5.74) is 0.0949. The summed E-state index contributed by atoms with van der Waals surface area (Å²) in [5.74, 6) is 1.89. The molecule has 2 N–H and O–H groups in total. The molecule has 3 aromatic rings. The summed E-state index contributed by atoms with van der Waals surface area (Å²) in [5, 5.41) is 14.0. The Hall–Kier alpha value is -3.40. The highest BCUT2D eigenvalue weighted by Gasteiger charge is 2.34. The summed E-state index contributed by atoms with van der Waals surface area (Å²) in [4.78, 5) is 42.6. The first-order valence-electron chi connectivity index (χ1n) is 12.5. The minimum atomic E-state index is -0.775. The van der Waals surface area contributed by atoms with Crippen molar-refractivity contribution in [1.29, 1.82) is 0 Å². The molecule has 1 aliphatic heterocycles. The summed E-state index contributed by atoms with van der Waals surface area (Å²) in [7, 11) is 0. The average Bonchev–Trinajstić information content (AvgIpc) is 2.87. The molecule has 1 saturated carbocycles. The molecular formula is C27H29BrN4O5. The number of likely N-dealkylation sites (tertiary alicyclic amines) is 1. The number of carbonyl (C=O) groups excluding carboxylic acids is 1. The van der Waals surface area contributed by atoms with Gasteiger partial charge in [-0.05, 0) is 95.9 Å². The molecule has 2 atom stereocenters. The van der Waals surface area contributed by atoms with E-state index in [0.717, 1.165) is 28.7 Å². The Kier molecular flexibility index (Phi) is 6.94. The van der Waals surface area contributed by atoms with Gasteiger partial charge in [0.1, 0.15) is 17.2 Å². The normalized spacial score (nSPS) is 19.4. The van der Waals surface area contributed by atoms with Gasteiger partial charge in [-0.15, -0.1) is 0 Å². The third-order valence-corrected chi connectivity index (χ3v) is 8.07. The predicted octanol–water partition coefficient (Wildman–Crippen LogP) is 4.45. The molecule has 0 radical (unpaired) electrons. The number of H-pyrrole nitrogens is 1. The number of carbonyl (C=O) groups is 1. The van der Waals surface area contributed by atoms with Crippen molar-refractivity contribution in [2.45, 2.75) is 46.0 Å². The van der Waals surface area contributed by atoms with Crippen LogP contribution < -0.4 is 16.0 Å². The van der Waals surface area contributed by atoms with E-state index in [0.29, 0.717) is 46.6 Å². The van der Waals surface area contributed by atoms with Crippen LogP contribution in [0.4, 0.5) is 0 Å². The zero-order valence-corrected chi connectivity index (χ0v) is 22.4. The minimum Gasteiger partial charge on any atom is -0.507 e. The SMILES string of the molecule is Cc1cc(-n2nc(C(=O)N3CCC4CCCCC4C3)c(=O)[nH]c2=O)cc(C)c1Oc1ccc(O)c(Br)c1. The van der Waals surface area contributed by atoms with Gasteiger partial charge in [-0.1, -0.05) is 19.3 Å². The number of fused-ring (bicyclic) bond motifs is 1. The fourth-order valence-electron chi connectivity index (χ4n) is 5.53. The van der Waals surface area contributed by atoms with E-state index in [1.807, 2.05) is 13.8 Å². The quantitative estimate of drug-likeness (QED) is 0.480. The molecule has 1 saturated heterocycles. The molecule has 2 heterocycles. The van der Waals surface area contributed by atoms with E-state index in [1.54, 1.807) is 29.2 Å². The first kappa shape index (κ1) is 25.3. The molecule has 2 aromatic carbocycles. The van der Waals surface area contributed by atoms with E-state index in [4.69, 9.17) is 4.74 Å². The fraction of sp³-hybridized carbons (Fsp3) is 0.407. The number of phenolic OH excluding ortho intramolecular Hbond substituents is 1. The van der Waals surface area contributed by atoms with Gasteiger partial charge in [-0.25, -0.2) is 4.79 Å². The average molecular weight is 569 g/mol. The summed E-state index contributed by atoms with van der Waals surface area (Å²) in [6.45, 7) is 4.88. The first-order chi connectivity index (χ1) is 17.7. The van der Waals surface area contributed by atoms with Gasteiger partial charge in [-0.3, -0.25) is 14.6 Å². The van der Waals surface area contributed by atoms with Gasteiger partial charge in [0.15, 0.2) is 0 Å². The van der Waals surface area contributed by atoms with Crippen LogP contribution in [-0.2, 0) is 0 Å². The molecule has 2 unspecified atom stereocenters. The first-order valence-corrected chi connectivity index (χ1v) is 13.3. The van der Waals surface area contributed by atoms with Crippen molar-refractivity contribution >= 4 is 21.8 Å². The lowest BCUT2D eigenvalue weighted by atomic mass is 9.75. The highest BCUT2D eigenvalue weighted by atomic mass is 79.9. The van der Waals surface area contributed by atoms with Crippen molar-refractivity contribution in [3.8, 4) is 22.9 Å². The number of aromatic amines is 1. The summed E-state index contributed by atoms with van der Waals surface area (Å²) in [6.07, 6.45) is 5.67. The Morgan fingerprint density at radius 1 is 1.08 bits per heavy atom. The number of piperidine rings is 1. The van der Waals surface area contributed by atoms with E-state index in [2.05, 4.69) is 26.0 Å². The number of nitrogens with zero attached hydrogens (tertiary/aromatic N) is 3. The lowest BCUT2D eigenvalue weighted by molar-refractivity contribution is 0.0511. The van der Waals surface area contributed by atoms with E-state index in [-0.39, 0.29) is 11.4 Å². The van der Waals surface area contributed by atoms with Gasteiger partial charge < -0.3 is 14.7 Å². The van der Waals surface area contributed by atoms with Gasteiger partial charge >= 0.3 is 5.69 Å².